The van der Waals surface area contributed by atoms with Crippen molar-refractivity contribution in [3.63, 3.8) is 0 Å². The Kier molecular flexibility index (Phi) is 3.12. The maximum Gasteiger partial charge on any atom is 0.125 e. The number of allylic oxidation sites excluding steroid dienone is 1. The molecular weight excluding hydrogens is 236 g/mol. The van der Waals surface area contributed by atoms with Crippen LogP contribution in [0.2, 0.25) is 0 Å². The second-order valence-electron chi connectivity index (χ2n) is 5.56. The molecule has 1 saturated carbocycles. The molecule has 2 aliphatic rings. The Morgan fingerprint density at radius 2 is 2.00 bits per heavy atom. The highest BCUT2D eigenvalue weighted by atomic mass is 16.5. The molecule has 0 unspecified atom stereocenters. The highest BCUT2D eigenvalue weighted by Gasteiger charge is 2.43. The van der Waals surface area contributed by atoms with Crippen molar-refractivity contribution in [1.82, 2.24) is 0 Å². The van der Waals surface area contributed by atoms with Crippen LogP contribution in [0.3, 0.4) is 0 Å². The minimum Gasteiger partial charge on any atom is -0.497 e. The second kappa shape index (κ2) is 4.79. The third kappa shape index (κ3) is 1.97. The first-order chi connectivity index (χ1) is 9.29. The number of fused-ring (bicyclic) bond motifs is 1. The Labute approximate surface area is 114 Å². The molecule has 3 rings (SSSR count). The molecule has 0 N–H and O–H groups in total. The van der Waals surface area contributed by atoms with Crippen LogP contribution in [0, 0.1) is 5.41 Å². The van der Waals surface area contributed by atoms with Gasteiger partial charge in [-0.05, 0) is 42.5 Å². The van der Waals surface area contributed by atoms with Crippen molar-refractivity contribution in [3.05, 3.63) is 41.3 Å². The molecule has 0 amide bonds. The lowest BCUT2D eigenvalue weighted by Crippen LogP contribution is -2.14. The summed E-state index contributed by atoms with van der Waals surface area (Å²) in [6.07, 6.45) is 8.01. The number of methoxy groups -OCH3 is 2. The van der Waals surface area contributed by atoms with Crippen LogP contribution >= 0.6 is 0 Å². The first-order valence-electron chi connectivity index (χ1n) is 6.95. The summed E-state index contributed by atoms with van der Waals surface area (Å²) < 4.78 is 10.5. The Morgan fingerprint density at radius 1 is 1.21 bits per heavy atom. The average Bonchev–Trinajstić information content (AvgIpc) is 3.01. The Hall–Kier alpha value is -1.66. The SMILES string of the molecule is COC=C=C1c2cc(OC)ccc2CC12CCCC2. The van der Waals surface area contributed by atoms with Gasteiger partial charge in [-0.15, -0.1) is 0 Å². The Bertz CT molecular complexity index is 544. The smallest absolute Gasteiger partial charge is 0.125 e. The van der Waals surface area contributed by atoms with Crippen molar-refractivity contribution in [2.24, 2.45) is 5.41 Å². The molecule has 1 fully saturated rings. The molecule has 1 aromatic carbocycles. The molecule has 0 radical (unpaired) electrons. The molecule has 19 heavy (non-hydrogen) atoms. The molecule has 0 aromatic heterocycles. The van der Waals surface area contributed by atoms with Gasteiger partial charge < -0.3 is 9.47 Å². The van der Waals surface area contributed by atoms with Gasteiger partial charge in [0, 0.05) is 11.0 Å². The average molecular weight is 256 g/mol. The van der Waals surface area contributed by atoms with Crippen molar-refractivity contribution < 1.29 is 9.47 Å². The van der Waals surface area contributed by atoms with Gasteiger partial charge in [0.15, 0.2) is 0 Å². The quantitative estimate of drug-likeness (QED) is 0.589. The van der Waals surface area contributed by atoms with Gasteiger partial charge in [-0.2, -0.15) is 0 Å². The fraction of sp³-hybridized carbons (Fsp3) is 0.471. The van der Waals surface area contributed by atoms with E-state index in [0.717, 1.165) is 12.2 Å². The van der Waals surface area contributed by atoms with Crippen LogP contribution in [0.5, 0.6) is 5.75 Å². The van der Waals surface area contributed by atoms with E-state index in [1.807, 2.05) is 0 Å². The van der Waals surface area contributed by atoms with E-state index >= 15 is 0 Å². The predicted octanol–water partition coefficient (Wildman–Crippen LogP) is 3.95. The van der Waals surface area contributed by atoms with E-state index in [-0.39, 0.29) is 0 Å². The molecule has 2 nitrogen and oxygen atoms in total. The van der Waals surface area contributed by atoms with Crippen LogP contribution in [0.1, 0.15) is 36.8 Å². The minimum absolute atomic E-state index is 0.295. The summed E-state index contributed by atoms with van der Waals surface area (Å²) in [5, 5.41) is 0. The minimum atomic E-state index is 0.295. The van der Waals surface area contributed by atoms with Crippen molar-refractivity contribution in [2.45, 2.75) is 32.1 Å². The lowest BCUT2D eigenvalue weighted by molar-refractivity contribution is 0.338. The molecule has 2 aliphatic carbocycles. The number of hydrogen-bond donors (Lipinski definition) is 0. The summed E-state index contributed by atoms with van der Waals surface area (Å²) in [5.74, 6) is 0.922. The van der Waals surface area contributed by atoms with Crippen molar-refractivity contribution in [3.8, 4) is 5.75 Å². The first-order valence-corrected chi connectivity index (χ1v) is 6.95. The van der Waals surface area contributed by atoms with Crippen LogP contribution < -0.4 is 4.74 Å². The van der Waals surface area contributed by atoms with Crippen LogP contribution in [0.25, 0.3) is 5.57 Å². The monoisotopic (exact) mass is 256 g/mol. The van der Waals surface area contributed by atoms with E-state index in [4.69, 9.17) is 9.47 Å². The predicted molar refractivity (Wildman–Crippen MR) is 76.1 cm³/mol. The molecular formula is C17H20O2. The van der Waals surface area contributed by atoms with Crippen LogP contribution in [-0.4, -0.2) is 14.2 Å². The summed E-state index contributed by atoms with van der Waals surface area (Å²) in [6, 6.07) is 6.41. The zero-order chi connectivity index (χ0) is 13.3. The third-order valence-electron chi connectivity index (χ3n) is 4.53. The summed E-state index contributed by atoms with van der Waals surface area (Å²) in [5.41, 5.74) is 7.73. The zero-order valence-corrected chi connectivity index (χ0v) is 11.7. The third-order valence-corrected chi connectivity index (χ3v) is 4.53. The number of ether oxygens (including phenoxy) is 2. The molecule has 0 bridgehead atoms. The Morgan fingerprint density at radius 3 is 2.68 bits per heavy atom. The van der Waals surface area contributed by atoms with E-state index in [9.17, 15) is 0 Å². The molecule has 0 saturated heterocycles. The zero-order valence-electron chi connectivity index (χ0n) is 11.7. The first kappa shape index (κ1) is 12.4. The molecule has 0 atom stereocenters. The molecule has 1 aromatic rings. The molecule has 1 spiro atoms. The van der Waals surface area contributed by atoms with Gasteiger partial charge in [-0.1, -0.05) is 24.6 Å². The maximum absolute atomic E-state index is 5.36. The highest BCUT2D eigenvalue weighted by Crippen LogP contribution is 2.56. The van der Waals surface area contributed by atoms with Gasteiger partial charge >= 0.3 is 0 Å². The van der Waals surface area contributed by atoms with E-state index in [0.29, 0.717) is 5.41 Å². The van der Waals surface area contributed by atoms with Gasteiger partial charge in [0.1, 0.15) is 12.0 Å². The van der Waals surface area contributed by atoms with Crippen LogP contribution in [0.4, 0.5) is 0 Å². The van der Waals surface area contributed by atoms with Gasteiger partial charge in [-0.3, -0.25) is 0 Å². The maximum atomic E-state index is 5.36. The number of rotatable bonds is 2. The van der Waals surface area contributed by atoms with Gasteiger partial charge in [-0.25, -0.2) is 0 Å². The summed E-state index contributed by atoms with van der Waals surface area (Å²) in [4.78, 5) is 0. The van der Waals surface area contributed by atoms with Gasteiger partial charge in [0.2, 0.25) is 0 Å². The van der Waals surface area contributed by atoms with Crippen molar-refractivity contribution >= 4 is 5.57 Å². The fourth-order valence-electron chi connectivity index (χ4n) is 3.64. The topological polar surface area (TPSA) is 18.5 Å². The molecule has 2 heteroatoms. The van der Waals surface area contributed by atoms with Crippen molar-refractivity contribution in [2.75, 3.05) is 14.2 Å². The molecule has 0 heterocycles. The normalized spacial score (nSPS) is 19.2. The fourth-order valence-corrected chi connectivity index (χ4v) is 3.64. The summed E-state index contributed by atoms with van der Waals surface area (Å²) >= 11 is 0. The van der Waals surface area contributed by atoms with Gasteiger partial charge in [0.05, 0.1) is 14.2 Å². The largest absolute Gasteiger partial charge is 0.497 e. The highest BCUT2D eigenvalue weighted by molar-refractivity contribution is 5.78. The summed E-state index contributed by atoms with van der Waals surface area (Å²) in [7, 11) is 3.40. The van der Waals surface area contributed by atoms with Crippen molar-refractivity contribution in [1.29, 1.82) is 0 Å². The number of benzene rings is 1. The van der Waals surface area contributed by atoms with E-state index in [2.05, 4.69) is 23.9 Å². The van der Waals surface area contributed by atoms with E-state index in [1.54, 1.807) is 20.5 Å². The second-order valence-corrected chi connectivity index (χ2v) is 5.56. The molecule has 0 aliphatic heterocycles. The number of hydrogen-bond acceptors (Lipinski definition) is 2. The van der Waals surface area contributed by atoms with Crippen LogP contribution in [0.15, 0.2) is 30.2 Å². The van der Waals surface area contributed by atoms with Gasteiger partial charge in [0.25, 0.3) is 0 Å². The van der Waals surface area contributed by atoms with E-state index < -0.39 is 0 Å². The standard InChI is InChI=1S/C17H20O2/c1-18-10-7-16-15-11-14(19-2)6-5-13(15)12-17(16)8-3-4-9-17/h5-6,10-11H,3-4,8-9,12H2,1-2H3. The van der Waals surface area contributed by atoms with E-state index in [1.165, 1.54) is 42.4 Å². The lowest BCUT2D eigenvalue weighted by atomic mass is 9.79. The Balaban J connectivity index is 2.13. The summed E-state index contributed by atoms with van der Waals surface area (Å²) in [6.45, 7) is 0. The lowest BCUT2D eigenvalue weighted by Gasteiger charge is -2.23. The van der Waals surface area contributed by atoms with Crippen LogP contribution in [-0.2, 0) is 11.2 Å². The molecule has 100 valence electrons.